The van der Waals surface area contributed by atoms with Gasteiger partial charge in [-0.3, -0.25) is 4.79 Å². The largest absolute Gasteiger partial charge is 0.478 e. The van der Waals surface area contributed by atoms with Gasteiger partial charge in [-0.25, -0.2) is 4.79 Å². The van der Waals surface area contributed by atoms with E-state index in [1.54, 1.807) is 18.0 Å². The van der Waals surface area contributed by atoms with Gasteiger partial charge in [0.15, 0.2) is 0 Å². The molecule has 0 aromatic carbocycles. The van der Waals surface area contributed by atoms with E-state index < -0.39 is 5.97 Å². The second-order valence-corrected chi connectivity index (χ2v) is 4.73. The maximum atomic E-state index is 11.9. The summed E-state index contributed by atoms with van der Waals surface area (Å²) in [5, 5.41) is 8.55. The van der Waals surface area contributed by atoms with Crippen molar-refractivity contribution in [1.82, 2.24) is 4.90 Å². The SMILES string of the molecule is CCN(C)C(=O)c1cc(C)c(C=CC(=O)O)s1. The highest BCUT2D eigenvalue weighted by molar-refractivity contribution is 7.15. The highest BCUT2D eigenvalue weighted by atomic mass is 32.1. The number of aryl methyl sites for hydroxylation is 1. The minimum absolute atomic E-state index is 0.0319. The first-order chi connectivity index (χ1) is 7.95. The van der Waals surface area contributed by atoms with Crippen molar-refractivity contribution in [2.45, 2.75) is 13.8 Å². The molecule has 17 heavy (non-hydrogen) atoms. The van der Waals surface area contributed by atoms with Crippen LogP contribution in [0, 0.1) is 6.92 Å². The molecule has 1 rings (SSSR count). The third-order valence-corrected chi connectivity index (χ3v) is 3.56. The summed E-state index contributed by atoms with van der Waals surface area (Å²) in [5.41, 5.74) is 0.917. The monoisotopic (exact) mass is 253 g/mol. The molecular weight excluding hydrogens is 238 g/mol. The number of nitrogens with zero attached hydrogens (tertiary/aromatic N) is 1. The van der Waals surface area contributed by atoms with Crippen LogP contribution in [-0.4, -0.2) is 35.5 Å². The molecule has 0 saturated carbocycles. The summed E-state index contributed by atoms with van der Waals surface area (Å²) in [6.07, 6.45) is 2.60. The van der Waals surface area contributed by atoms with Crippen molar-refractivity contribution in [3.63, 3.8) is 0 Å². The summed E-state index contributed by atoms with van der Waals surface area (Å²) in [4.78, 5) is 25.4. The first-order valence-corrected chi connectivity index (χ1v) is 6.04. The van der Waals surface area contributed by atoms with Crippen molar-refractivity contribution in [2.24, 2.45) is 0 Å². The number of carboxylic acid groups (broad SMARTS) is 1. The molecule has 0 aliphatic rings. The van der Waals surface area contributed by atoms with E-state index in [4.69, 9.17) is 5.11 Å². The average Bonchev–Trinajstić information content (AvgIpc) is 2.66. The van der Waals surface area contributed by atoms with E-state index >= 15 is 0 Å². The van der Waals surface area contributed by atoms with Crippen LogP contribution in [0.1, 0.15) is 27.0 Å². The number of carbonyl (C=O) groups is 2. The zero-order chi connectivity index (χ0) is 13.0. The summed E-state index contributed by atoms with van der Waals surface area (Å²) < 4.78 is 0. The molecule has 0 aliphatic heterocycles. The first-order valence-electron chi connectivity index (χ1n) is 5.22. The van der Waals surface area contributed by atoms with Crippen LogP contribution >= 0.6 is 11.3 Å². The molecule has 0 aliphatic carbocycles. The maximum Gasteiger partial charge on any atom is 0.328 e. The van der Waals surface area contributed by atoms with Gasteiger partial charge in [-0.05, 0) is 31.6 Å². The topological polar surface area (TPSA) is 57.6 Å². The van der Waals surface area contributed by atoms with Crippen molar-refractivity contribution in [2.75, 3.05) is 13.6 Å². The Kier molecular flexibility index (Phi) is 4.45. The van der Waals surface area contributed by atoms with Crippen molar-refractivity contribution < 1.29 is 14.7 Å². The molecule has 0 fully saturated rings. The Morgan fingerprint density at radius 3 is 2.71 bits per heavy atom. The predicted molar refractivity (Wildman–Crippen MR) is 68.4 cm³/mol. The lowest BCUT2D eigenvalue weighted by Crippen LogP contribution is -2.25. The quantitative estimate of drug-likeness (QED) is 0.837. The summed E-state index contributed by atoms with van der Waals surface area (Å²) in [6.45, 7) is 4.42. The van der Waals surface area contributed by atoms with Crippen LogP contribution in [0.25, 0.3) is 6.08 Å². The molecule has 0 unspecified atom stereocenters. The molecule has 0 saturated heterocycles. The number of carbonyl (C=O) groups excluding carboxylic acids is 1. The van der Waals surface area contributed by atoms with E-state index in [1.807, 2.05) is 13.8 Å². The number of carboxylic acids is 1. The summed E-state index contributed by atoms with van der Waals surface area (Å²) >= 11 is 1.31. The zero-order valence-electron chi connectivity index (χ0n) is 10.1. The van der Waals surface area contributed by atoms with Crippen LogP contribution in [0.3, 0.4) is 0 Å². The standard InChI is InChI=1S/C12H15NO3S/c1-4-13(3)12(16)10-7-8(2)9(17-10)5-6-11(14)15/h5-7H,4H2,1-3H3,(H,14,15). The molecule has 92 valence electrons. The Hall–Kier alpha value is -1.62. The van der Waals surface area contributed by atoms with Crippen molar-refractivity contribution >= 4 is 29.3 Å². The summed E-state index contributed by atoms with van der Waals surface area (Å²) in [6, 6.07) is 1.79. The second-order valence-electron chi connectivity index (χ2n) is 3.65. The molecule has 1 aromatic heterocycles. The Morgan fingerprint density at radius 1 is 1.53 bits per heavy atom. The van der Waals surface area contributed by atoms with E-state index in [0.717, 1.165) is 16.5 Å². The third kappa shape index (κ3) is 3.42. The molecule has 0 bridgehead atoms. The van der Waals surface area contributed by atoms with E-state index in [-0.39, 0.29) is 5.91 Å². The van der Waals surface area contributed by atoms with Crippen LogP contribution in [0.15, 0.2) is 12.1 Å². The smallest absolute Gasteiger partial charge is 0.328 e. The fourth-order valence-corrected chi connectivity index (χ4v) is 2.32. The van der Waals surface area contributed by atoms with Gasteiger partial charge in [0.2, 0.25) is 0 Å². The van der Waals surface area contributed by atoms with Crippen molar-refractivity contribution in [3.05, 3.63) is 27.5 Å². The Balaban J connectivity index is 2.96. The summed E-state index contributed by atoms with van der Waals surface area (Å²) in [5.74, 6) is -1.02. The van der Waals surface area contributed by atoms with Crippen LogP contribution in [-0.2, 0) is 4.79 Å². The van der Waals surface area contributed by atoms with E-state index in [9.17, 15) is 9.59 Å². The van der Waals surface area contributed by atoms with Crippen molar-refractivity contribution in [1.29, 1.82) is 0 Å². The highest BCUT2D eigenvalue weighted by Crippen LogP contribution is 2.24. The molecule has 5 heteroatoms. The lowest BCUT2D eigenvalue weighted by molar-refractivity contribution is -0.131. The Bertz CT molecular complexity index is 462. The van der Waals surface area contributed by atoms with E-state index in [2.05, 4.69) is 0 Å². The number of aliphatic carboxylic acids is 1. The number of hydrogen-bond acceptors (Lipinski definition) is 3. The zero-order valence-corrected chi connectivity index (χ0v) is 10.9. The molecule has 1 aromatic rings. The molecule has 0 atom stereocenters. The van der Waals surface area contributed by atoms with Crippen LogP contribution in [0.5, 0.6) is 0 Å². The van der Waals surface area contributed by atoms with Crippen LogP contribution in [0.4, 0.5) is 0 Å². The highest BCUT2D eigenvalue weighted by Gasteiger charge is 2.14. The molecule has 1 amide bonds. The molecular formula is C12H15NO3S. The fourth-order valence-electron chi connectivity index (χ4n) is 1.25. The second kappa shape index (κ2) is 5.63. The van der Waals surface area contributed by atoms with E-state index in [0.29, 0.717) is 11.4 Å². The number of thiophene rings is 1. The average molecular weight is 253 g/mol. The molecule has 1 heterocycles. The van der Waals surface area contributed by atoms with Gasteiger partial charge in [-0.15, -0.1) is 11.3 Å². The molecule has 0 radical (unpaired) electrons. The van der Waals surface area contributed by atoms with Gasteiger partial charge in [-0.1, -0.05) is 0 Å². The van der Waals surface area contributed by atoms with Gasteiger partial charge >= 0.3 is 5.97 Å². The fraction of sp³-hybridized carbons (Fsp3) is 0.333. The van der Waals surface area contributed by atoms with E-state index in [1.165, 1.54) is 17.4 Å². The van der Waals surface area contributed by atoms with Gasteiger partial charge in [0, 0.05) is 24.5 Å². The third-order valence-electron chi connectivity index (χ3n) is 2.37. The summed E-state index contributed by atoms with van der Waals surface area (Å²) in [7, 11) is 1.74. The van der Waals surface area contributed by atoms with Gasteiger partial charge in [0.1, 0.15) is 0 Å². The van der Waals surface area contributed by atoms with Gasteiger partial charge in [-0.2, -0.15) is 0 Å². The number of hydrogen-bond donors (Lipinski definition) is 1. The Morgan fingerprint density at radius 2 is 2.18 bits per heavy atom. The minimum Gasteiger partial charge on any atom is -0.478 e. The first kappa shape index (κ1) is 13.4. The molecule has 1 N–H and O–H groups in total. The van der Waals surface area contributed by atoms with Crippen molar-refractivity contribution in [3.8, 4) is 0 Å². The maximum absolute atomic E-state index is 11.9. The van der Waals surface area contributed by atoms with Gasteiger partial charge in [0.25, 0.3) is 5.91 Å². The molecule has 4 nitrogen and oxygen atoms in total. The van der Waals surface area contributed by atoms with Gasteiger partial charge in [0.05, 0.1) is 4.88 Å². The van der Waals surface area contributed by atoms with Crippen LogP contribution in [0.2, 0.25) is 0 Å². The molecule has 0 spiro atoms. The van der Waals surface area contributed by atoms with Crippen LogP contribution < -0.4 is 0 Å². The minimum atomic E-state index is -0.989. The number of rotatable bonds is 4. The number of amides is 1. The van der Waals surface area contributed by atoms with Gasteiger partial charge < -0.3 is 10.0 Å². The lowest BCUT2D eigenvalue weighted by Gasteiger charge is -2.12. The predicted octanol–water partition coefficient (Wildman–Crippen LogP) is 2.25. The lowest BCUT2D eigenvalue weighted by atomic mass is 10.2. The normalized spacial score (nSPS) is 10.8. The Labute approximate surface area is 104 Å².